The SMILES string of the molecule is CCC(C(=O)N1CCC(O)(c2ccccn2)CC1)N1Cc2ccccc2C1=O. The summed E-state index contributed by atoms with van der Waals surface area (Å²) in [5, 5.41) is 10.9. The van der Waals surface area contributed by atoms with E-state index in [4.69, 9.17) is 0 Å². The molecule has 0 aliphatic carbocycles. The third-order valence-corrected chi connectivity index (χ3v) is 5.94. The summed E-state index contributed by atoms with van der Waals surface area (Å²) in [5.41, 5.74) is 1.32. The molecule has 2 amide bonds. The molecule has 1 aromatic carbocycles. The highest BCUT2D eigenvalue weighted by Crippen LogP contribution is 2.33. The van der Waals surface area contributed by atoms with E-state index in [1.54, 1.807) is 16.0 Å². The van der Waals surface area contributed by atoms with Crippen LogP contribution in [-0.4, -0.2) is 50.8 Å². The maximum Gasteiger partial charge on any atom is 0.255 e. The molecule has 0 spiro atoms. The lowest BCUT2D eigenvalue weighted by Crippen LogP contribution is -2.53. The van der Waals surface area contributed by atoms with Crippen molar-refractivity contribution >= 4 is 11.8 Å². The molecule has 1 atom stereocenters. The monoisotopic (exact) mass is 379 g/mol. The van der Waals surface area contributed by atoms with Gasteiger partial charge in [0.15, 0.2) is 0 Å². The number of benzene rings is 1. The molecule has 146 valence electrons. The maximum absolute atomic E-state index is 13.2. The summed E-state index contributed by atoms with van der Waals surface area (Å²) in [4.78, 5) is 33.7. The van der Waals surface area contributed by atoms with Gasteiger partial charge in [-0.1, -0.05) is 31.2 Å². The van der Waals surface area contributed by atoms with Crippen LogP contribution < -0.4 is 0 Å². The van der Waals surface area contributed by atoms with Crippen molar-refractivity contribution in [1.29, 1.82) is 0 Å². The molecular formula is C22H25N3O3. The topological polar surface area (TPSA) is 73.7 Å². The van der Waals surface area contributed by atoms with Gasteiger partial charge in [-0.3, -0.25) is 14.6 Å². The fourth-order valence-electron chi connectivity index (χ4n) is 4.26. The second-order valence-corrected chi connectivity index (χ2v) is 7.59. The molecule has 2 aliphatic heterocycles. The van der Waals surface area contributed by atoms with Crippen molar-refractivity contribution in [3.63, 3.8) is 0 Å². The minimum Gasteiger partial charge on any atom is -0.383 e. The minimum absolute atomic E-state index is 0.0354. The van der Waals surface area contributed by atoms with Crippen molar-refractivity contribution in [1.82, 2.24) is 14.8 Å². The van der Waals surface area contributed by atoms with Gasteiger partial charge in [-0.15, -0.1) is 0 Å². The van der Waals surface area contributed by atoms with Gasteiger partial charge in [0.2, 0.25) is 5.91 Å². The van der Waals surface area contributed by atoms with E-state index in [9.17, 15) is 14.7 Å². The molecular weight excluding hydrogens is 354 g/mol. The number of fused-ring (bicyclic) bond motifs is 1. The summed E-state index contributed by atoms with van der Waals surface area (Å²) in [6.07, 6.45) is 3.13. The van der Waals surface area contributed by atoms with Crippen molar-refractivity contribution in [2.24, 2.45) is 0 Å². The summed E-state index contributed by atoms with van der Waals surface area (Å²) in [6.45, 7) is 3.33. The lowest BCUT2D eigenvalue weighted by molar-refractivity contribution is -0.141. The van der Waals surface area contributed by atoms with Crippen molar-refractivity contribution in [3.8, 4) is 0 Å². The van der Waals surface area contributed by atoms with Crippen LogP contribution in [0.3, 0.4) is 0 Å². The fraction of sp³-hybridized carbons (Fsp3) is 0.409. The van der Waals surface area contributed by atoms with Gasteiger partial charge in [-0.25, -0.2) is 0 Å². The second kappa shape index (κ2) is 7.36. The number of hydrogen-bond donors (Lipinski definition) is 1. The summed E-state index contributed by atoms with van der Waals surface area (Å²) < 4.78 is 0. The quantitative estimate of drug-likeness (QED) is 0.885. The van der Waals surface area contributed by atoms with Crippen LogP contribution in [0.5, 0.6) is 0 Å². The van der Waals surface area contributed by atoms with E-state index in [2.05, 4.69) is 4.98 Å². The van der Waals surface area contributed by atoms with Crippen LogP contribution >= 0.6 is 0 Å². The third kappa shape index (κ3) is 3.18. The normalized spacial score (nSPS) is 19.4. The number of amides is 2. The predicted molar refractivity (Wildman–Crippen MR) is 104 cm³/mol. The number of rotatable bonds is 4. The van der Waals surface area contributed by atoms with Crippen LogP contribution in [0.4, 0.5) is 0 Å². The van der Waals surface area contributed by atoms with Gasteiger partial charge < -0.3 is 14.9 Å². The van der Waals surface area contributed by atoms with Crippen LogP contribution in [0.25, 0.3) is 0 Å². The maximum atomic E-state index is 13.2. The number of carbonyl (C=O) groups excluding carboxylic acids is 2. The Bertz CT molecular complexity index is 876. The van der Waals surface area contributed by atoms with E-state index in [0.717, 1.165) is 5.56 Å². The Morgan fingerprint density at radius 2 is 1.89 bits per heavy atom. The molecule has 6 heteroatoms. The van der Waals surface area contributed by atoms with Gasteiger partial charge in [0, 0.05) is 31.4 Å². The second-order valence-electron chi connectivity index (χ2n) is 7.59. The Labute approximate surface area is 164 Å². The smallest absolute Gasteiger partial charge is 0.255 e. The van der Waals surface area contributed by atoms with E-state index in [1.807, 2.05) is 49.4 Å². The van der Waals surface area contributed by atoms with Gasteiger partial charge in [-0.05, 0) is 43.0 Å². The Morgan fingerprint density at radius 1 is 1.18 bits per heavy atom. The molecule has 0 bridgehead atoms. The highest BCUT2D eigenvalue weighted by molar-refractivity contribution is 6.01. The fourth-order valence-corrected chi connectivity index (χ4v) is 4.26. The predicted octanol–water partition coefficient (Wildman–Crippen LogP) is 2.33. The molecule has 1 fully saturated rings. The first-order valence-electron chi connectivity index (χ1n) is 9.85. The van der Waals surface area contributed by atoms with Crippen LogP contribution in [0, 0.1) is 0 Å². The van der Waals surface area contributed by atoms with Crippen LogP contribution in [0.1, 0.15) is 47.8 Å². The van der Waals surface area contributed by atoms with Crippen LogP contribution in [0.2, 0.25) is 0 Å². The first-order valence-corrected chi connectivity index (χ1v) is 9.85. The minimum atomic E-state index is -1.00. The molecule has 0 saturated carbocycles. The number of aromatic nitrogens is 1. The van der Waals surface area contributed by atoms with Gasteiger partial charge in [-0.2, -0.15) is 0 Å². The Balaban J connectivity index is 1.45. The van der Waals surface area contributed by atoms with Crippen molar-refractivity contribution in [3.05, 3.63) is 65.5 Å². The zero-order valence-corrected chi connectivity index (χ0v) is 16.0. The van der Waals surface area contributed by atoms with Gasteiger partial charge >= 0.3 is 0 Å². The van der Waals surface area contributed by atoms with Gasteiger partial charge in [0.05, 0.1) is 5.69 Å². The molecule has 2 aliphatic rings. The molecule has 28 heavy (non-hydrogen) atoms. The lowest BCUT2D eigenvalue weighted by Gasteiger charge is -2.40. The third-order valence-electron chi connectivity index (χ3n) is 5.94. The van der Waals surface area contributed by atoms with Crippen LogP contribution in [-0.2, 0) is 16.9 Å². The van der Waals surface area contributed by atoms with Crippen molar-refractivity contribution in [2.75, 3.05) is 13.1 Å². The highest BCUT2D eigenvalue weighted by Gasteiger charge is 2.41. The Morgan fingerprint density at radius 3 is 2.54 bits per heavy atom. The van der Waals surface area contributed by atoms with Gasteiger partial charge in [0.25, 0.3) is 5.91 Å². The van der Waals surface area contributed by atoms with E-state index < -0.39 is 11.6 Å². The number of hydrogen-bond acceptors (Lipinski definition) is 4. The number of likely N-dealkylation sites (tertiary alicyclic amines) is 1. The lowest BCUT2D eigenvalue weighted by atomic mass is 9.87. The number of nitrogens with zero attached hydrogens (tertiary/aromatic N) is 3. The summed E-state index contributed by atoms with van der Waals surface area (Å²) >= 11 is 0. The van der Waals surface area contributed by atoms with Gasteiger partial charge in [0.1, 0.15) is 11.6 Å². The summed E-state index contributed by atoms with van der Waals surface area (Å²) in [5.74, 6) is -0.107. The number of pyridine rings is 1. The Kier molecular flexibility index (Phi) is 4.89. The molecule has 1 saturated heterocycles. The summed E-state index contributed by atoms with van der Waals surface area (Å²) in [7, 11) is 0. The molecule has 6 nitrogen and oxygen atoms in total. The molecule has 3 heterocycles. The average Bonchev–Trinajstić information content (AvgIpc) is 3.06. The number of aliphatic hydroxyl groups is 1. The number of piperidine rings is 1. The highest BCUT2D eigenvalue weighted by atomic mass is 16.3. The molecule has 1 aromatic heterocycles. The zero-order valence-electron chi connectivity index (χ0n) is 16.0. The largest absolute Gasteiger partial charge is 0.383 e. The first kappa shape index (κ1) is 18.6. The molecule has 0 radical (unpaired) electrons. The number of carbonyl (C=O) groups is 2. The summed E-state index contributed by atoms with van der Waals surface area (Å²) in [6, 6.07) is 12.6. The van der Waals surface area contributed by atoms with E-state index in [1.165, 1.54) is 0 Å². The molecule has 2 aromatic rings. The molecule has 1 unspecified atom stereocenters. The van der Waals surface area contributed by atoms with E-state index >= 15 is 0 Å². The zero-order chi connectivity index (χ0) is 19.7. The standard InChI is InChI=1S/C22H25N3O3/c1-2-18(25-15-16-7-3-4-8-17(16)20(25)26)21(27)24-13-10-22(28,11-14-24)19-9-5-6-12-23-19/h3-9,12,18,28H,2,10-11,13-15H2,1H3. The van der Waals surface area contributed by atoms with Crippen molar-refractivity contribution < 1.29 is 14.7 Å². The molecule has 4 rings (SSSR count). The van der Waals surface area contributed by atoms with E-state index in [0.29, 0.717) is 50.2 Å². The van der Waals surface area contributed by atoms with Crippen molar-refractivity contribution in [2.45, 2.75) is 44.4 Å². The van der Waals surface area contributed by atoms with E-state index in [-0.39, 0.29) is 11.8 Å². The van der Waals surface area contributed by atoms with Crippen LogP contribution in [0.15, 0.2) is 48.7 Å². The average molecular weight is 379 g/mol. The first-order chi connectivity index (χ1) is 13.5. The Hall–Kier alpha value is -2.73. The molecule has 1 N–H and O–H groups in total.